The minimum atomic E-state index is -3.28. The average Bonchev–Trinajstić information content (AvgIpc) is 2.83. The molecule has 0 fully saturated rings. The Morgan fingerprint density at radius 2 is 2.11 bits per heavy atom. The quantitative estimate of drug-likeness (QED) is 0.902. The summed E-state index contributed by atoms with van der Waals surface area (Å²) in [6, 6.07) is 3.79. The monoisotopic (exact) mass is 285 g/mol. The molecule has 0 spiro atoms. The summed E-state index contributed by atoms with van der Waals surface area (Å²) in [7, 11) is -3.28. The number of aromatic amines is 1. The van der Waals surface area contributed by atoms with Crippen LogP contribution in [0.5, 0.6) is 0 Å². The standard InChI is InChI=1S/C11H15N3O2S2/c1-11(2,18(3,15)16)9-8(10(12)14-13-9)7-5-4-6-17-7/h4-6H,1-3H3,(H3,12,13,14). The first-order valence-electron chi connectivity index (χ1n) is 5.33. The number of nitrogens with one attached hydrogen (secondary N) is 1. The maximum Gasteiger partial charge on any atom is 0.158 e. The van der Waals surface area contributed by atoms with Gasteiger partial charge in [0.25, 0.3) is 0 Å². The molecule has 0 saturated heterocycles. The molecule has 0 atom stereocenters. The highest BCUT2D eigenvalue weighted by molar-refractivity contribution is 7.91. The van der Waals surface area contributed by atoms with E-state index in [4.69, 9.17) is 5.73 Å². The lowest BCUT2D eigenvalue weighted by molar-refractivity contribution is 0.556. The summed E-state index contributed by atoms with van der Waals surface area (Å²) in [5, 5.41) is 8.62. The van der Waals surface area contributed by atoms with E-state index in [0.29, 0.717) is 17.1 Å². The van der Waals surface area contributed by atoms with E-state index in [1.807, 2.05) is 17.5 Å². The highest BCUT2D eigenvalue weighted by atomic mass is 32.2. The third-order valence-electron chi connectivity index (χ3n) is 3.09. The number of anilines is 1. The fourth-order valence-corrected chi connectivity index (χ4v) is 2.95. The number of aromatic nitrogens is 2. The van der Waals surface area contributed by atoms with Crippen molar-refractivity contribution in [3.05, 3.63) is 23.2 Å². The molecule has 0 aliphatic heterocycles. The van der Waals surface area contributed by atoms with Crippen LogP contribution < -0.4 is 5.73 Å². The molecule has 2 aromatic rings. The van der Waals surface area contributed by atoms with Gasteiger partial charge in [-0.1, -0.05) is 6.07 Å². The zero-order valence-electron chi connectivity index (χ0n) is 10.4. The van der Waals surface area contributed by atoms with Gasteiger partial charge in [-0.15, -0.1) is 11.3 Å². The Kier molecular flexibility index (Phi) is 2.98. The molecule has 5 nitrogen and oxygen atoms in total. The lowest BCUT2D eigenvalue weighted by Crippen LogP contribution is -2.29. The molecule has 0 radical (unpaired) electrons. The van der Waals surface area contributed by atoms with Crippen LogP contribution >= 0.6 is 11.3 Å². The number of hydrogen-bond acceptors (Lipinski definition) is 5. The van der Waals surface area contributed by atoms with E-state index in [0.717, 1.165) is 4.88 Å². The predicted molar refractivity (Wildman–Crippen MR) is 74.2 cm³/mol. The SMILES string of the molecule is CC(C)(c1[nH]nc(N)c1-c1cccs1)S(C)(=O)=O. The minimum Gasteiger partial charge on any atom is -0.382 e. The topological polar surface area (TPSA) is 88.8 Å². The van der Waals surface area contributed by atoms with Gasteiger partial charge in [-0.05, 0) is 25.3 Å². The molecule has 0 amide bonds. The summed E-state index contributed by atoms with van der Waals surface area (Å²) >= 11 is 1.50. The smallest absolute Gasteiger partial charge is 0.158 e. The Balaban J connectivity index is 2.69. The first-order chi connectivity index (χ1) is 8.25. The van der Waals surface area contributed by atoms with Gasteiger partial charge in [0, 0.05) is 11.1 Å². The highest BCUT2D eigenvalue weighted by Gasteiger charge is 2.37. The van der Waals surface area contributed by atoms with Crippen molar-refractivity contribution >= 4 is 27.0 Å². The van der Waals surface area contributed by atoms with Gasteiger partial charge in [-0.25, -0.2) is 8.42 Å². The highest BCUT2D eigenvalue weighted by Crippen LogP contribution is 2.39. The maximum absolute atomic E-state index is 11.9. The lowest BCUT2D eigenvalue weighted by Gasteiger charge is -2.22. The van der Waals surface area contributed by atoms with Crippen LogP contribution in [-0.2, 0) is 14.6 Å². The van der Waals surface area contributed by atoms with Crippen molar-refractivity contribution in [2.45, 2.75) is 18.6 Å². The Bertz CT molecular complexity index is 655. The van der Waals surface area contributed by atoms with Gasteiger partial charge in [-0.2, -0.15) is 5.10 Å². The van der Waals surface area contributed by atoms with Crippen LogP contribution in [0.3, 0.4) is 0 Å². The maximum atomic E-state index is 11.9. The summed E-state index contributed by atoms with van der Waals surface area (Å²) in [5.74, 6) is 0.323. The third kappa shape index (κ3) is 1.93. The first kappa shape index (κ1) is 13.1. The summed E-state index contributed by atoms with van der Waals surface area (Å²) < 4.78 is 22.7. The Labute approximate surface area is 110 Å². The first-order valence-corrected chi connectivity index (χ1v) is 8.10. The average molecular weight is 285 g/mol. The van der Waals surface area contributed by atoms with Crippen LogP contribution in [-0.4, -0.2) is 24.9 Å². The Hall–Kier alpha value is -1.34. The second kappa shape index (κ2) is 4.10. The van der Waals surface area contributed by atoms with Crippen LogP contribution in [0.1, 0.15) is 19.5 Å². The van der Waals surface area contributed by atoms with E-state index < -0.39 is 14.6 Å². The molecule has 18 heavy (non-hydrogen) atoms. The van der Waals surface area contributed by atoms with Gasteiger partial charge in [0.2, 0.25) is 0 Å². The van der Waals surface area contributed by atoms with E-state index in [2.05, 4.69) is 10.2 Å². The number of nitrogens with zero attached hydrogens (tertiary/aromatic N) is 1. The van der Waals surface area contributed by atoms with Gasteiger partial charge >= 0.3 is 0 Å². The summed E-state index contributed by atoms with van der Waals surface area (Å²) in [6.45, 7) is 3.29. The molecule has 2 rings (SSSR count). The number of H-pyrrole nitrogens is 1. The van der Waals surface area contributed by atoms with Crippen LogP contribution in [0.25, 0.3) is 10.4 Å². The molecule has 3 N–H and O–H groups in total. The minimum absolute atomic E-state index is 0.323. The van der Waals surface area contributed by atoms with Crippen molar-refractivity contribution in [3.63, 3.8) is 0 Å². The lowest BCUT2D eigenvalue weighted by atomic mass is 10.0. The third-order valence-corrected chi connectivity index (χ3v) is 6.04. The van der Waals surface area contributed by atoms with Crippen LogP contribution in [0.2, 0.25) is 0 Å². The number of hydrogen-bond donors (Lipinski definition) is 2. The molecule has 7 heteroatoms. The van der Waals surface area contributed by atoms with Gasteiger partial charge in [-0.3, -0.25) is 5.10 Å². The molecule has 0 unspecified atom stereocenters. The summed E-state index contributed by atoms with van der Waals surface area (Å²) in [5.41, 5.74) is 7.06. The van der Waals surface area contributed by atoms with E-state index in [-0.39, 0.29) is 0 Å². The van der Waals surface area contributed by atoms with Crippen molar-refractivity contribution in [2.24, 2.45) is 0 Å². The second-order valence-electron chi connectivity index (χ2n) is 4.62. The summed E-state index contributed by atoms with van der Waals surface area (Å²) in [6.07, 6.45) is 1.21. The largest absolute Gasteiger partial charge is 0.382 e. The van der Waals surface area contributed by atoms with Gasteiger partial charge in [0.15, 0.2) is 15.7 Å². The fraction of sp³-hybridized carbons (Fsp3) is 0.364. The fourth-order valence-electron chi connectivity index (χ4n) is 1.65. The van der Waals surface area contributed by atoms with E-state index in [9.17, 15) is 8.42 Å². The normalized spacial score (nSPS) is 12.8. The molecule has 0 aliphatic rings. The predicted octanol–water partition coefficient (Wildman–Crippen LogP) is 2.00. The van der Waals surface area contributed by atoms with Gasteiger partial charge in [0.1, 0.15) is 4.75 Å². The number of sulfone groups is 1. The number of thiophene rings is 1. The molecule has 2 aromatic heterocycles. The Morgan fingerprint density at radius 1 is 1.44 bits per heavy atom. The zero-order valence-corrected chi connectivity index (χ0v) is 12.0. The molecule has 0 aliphatic carbocycles. The van der Waals surface area contributed by atoms with Crippen LogP contribution in [0.15, 0.2) is 17.5 Å². The molecule has 98 valence electrons. The second-order valence-corrected chi connectivity index (χ2v) is 8.13. The van der Waals surface area contributed by atoms with Crippen molar-refractivity contribution in [1.29, 1.82) is 0 Å². The van der Waals surface area contributed by atoms with Crippen LogP contribution in [0.4, 0.5) is 5.82 Å². The zero-order chi connectivity index (χ0) is 13.6. The molecule has 0 saturated carbocycles. The number of nitrogen functional groups attached to an aromatic ring is 1. The van der Waals surface area contributed by atoms with Crippen LogP contribution in [0, 0.1) is 0 Å². The molecular weight excluding hydrogens is 270 g/mol. The molecular formula is C11H15N3O2S2. The van der Waals surface area contributed by atoms with Gasteiger partial charge < -0.3 is 5.73 Å². The number of nitrogens with two attached hydrogens (primary N) is 1. The van der Waals surface area contributed by atoms with E-state index >= 15 is 0 Å². The molecule has 2 heterocycles. The molecule has 0 bridgehead atoms. The Morgan fingerprint density at radius 3 is 2.61 bits per heavy atom. The summed E-state index contributed by atoms with van der Waals surface area (Å²) in [4.78, 5) is 0.910. The van der Waals surface area contributed by atoms with Gasteiger partial charge in [0.05, 0.1) is 11.3 Å². The van der Waals surface area contributed by atoms with Crippen molar-refractivity contribution in [1.82, 2.24) is 10.2 Å². The number of rotatable bonds is 3. The van der Waals surface area contributed by atoms with Crippen molar-refractivity contribution in [2.75, 3.05) is 12.0 Å². The van der Waals surface area contributed by atoms with E-state index in [1.54, 1.807) is 13.8 Å². The van der Waals surface area contributed by atoms with E-state index in [1.165, 1.54) is 17.6 Å². The van der Waals surface area contributed by atoms with Crippen molar-refractivity contribution in [3.8, 4) is 10.4 Å². The van der Waals surface area contributed by atoms with Crippen molar-refractivity contribution < 1.29 is 8.42 Å². The molecule has 0 aromatic carbocycles.